The third kappa shape index (κ3) is 5.88. The van der Waals surface area contributed by atoms with Crippen molar-refractivity contribution in [3.05, 3.63) is 41.2 Å². The second kappa shape index (κ2) is 10.5. The van der Waals surface area contributed by atoms with E-state index in [-0.39, 0.29) is 36.5 Å². The van der Waals surface area contributed by atoms with Crippen LogP contribution in [0.2, 0.25) is 0 Å². The van der Waals surface area contributed by atoms with Crippen LogP contribution in [0.25, 0.3) is 10.6 Å². The molecule has 1 aromatic carbocycles. The van der Waals surface area contributed by atoms with Crippen molar-refractivity contribution in [2.45, 2.75) is 6.42 Å². The van der Waals surface area contributed by atoms with E-state index in [0.29, 0.717) is 17.2 Å². The van der Waals surface area contributed by atoms with Gasteiger partial charge in [-0.3, -0.25) is 4.79 Å². The minimum atomic E-state index is -0.284. The third-order valence-electron chi connectivity index (χ3n) is 2.72. The molecule has 1 aromatic heterocycles. The fourth-order valence-electron chi connectivity index (χ4n) is 1.66. The maximum absolute atomic E-state index is 12.9. The van der Waals surface area contributed by atoms with Crippen LogP contribution in [0.15, 0.2) is 29.6 Å². The van der Waals surface area contributed by atoms with Crippen molar-refractivity contribution in [2.24, 2.45) is 0 Å². The lowest BCUT2D eigenvalue weighted by Gasteiger charge is -2.02. The molecule has 0 saturated carbocycles. The molecule has 2 aromatic rings. The van der Waals surface area contributed by atoms with Crippen LogP contribution in [-0.2, 0) is 0 Å². The molecular weight excluding hydrogens is 348 g/mol. The van der Waals surface area contributed by atoms with Crippen LogP contribution < -0.4 is 10.6 Å². The minimum absolute atomic E-state index is 0. The third-order valence-corrected chi connectivity index (χ3v) is 3.61. The number of halogens is 3. The van der Waals surface area contributed by atoms with Crippen LogP contribution in [0.5, 0.6) is 0 Å². The molecule has 1 amide bonds. The summed E-state index contributed by atoms with van der Waals surface area (Å²) in [5.74, 6) is -0.460. The molecule has 0 saturated heterocycles. The maximum atomic E-state index is 12.9. The molecular formula is C14H18Cl2FN3OS. The zero-order chi connectivity index (χ0) is 14.4. The Morgan fingerprint density at radius 2 is 1.91 bits per heavy atom. The lowest BCUT2D eigenvalue weighted by molar-refractivity contribution is 0.0949. The molecule has 0 aliphatic heterocycles. The van der Waals surface area contributed by atoms with Gasteiger partial charge in [0.15, 0.2) is 0 Å². The molecule has 8 heteroatoms. The van der Waals surface area contributed by atoms with Crippen LogP contribution in [0.4, 0.5) is 4.39 Å². The number of carbonyl (C=O) groups excluding carboxylic acids is 1. The van der Waals surface area contributed by atoms with Gasteiger partial charge >= 0.3 is 0 Å². The predicted octanol–water partition coefficient (Wildman–Crippen LogP) is 3.13. The maximum Gasteiger partial charge on any atom is 0.270 e. The van der Waals surface area contributed by atoms with E-state index < -0.39 is 0 Å². The molecule has 0 fully saturated rings. The van der Waals surface area contributed by atoms with Crippen LogP contribution in [0.3, 0.4) is 0 Å². The summed E-state index contributed by atoms with van der Waals surface area (Å²) in [5.41, 5.74) is 1.21. The second-order valence-electron chi connectivity index (χ2n) is 4.26. The van der Waals surface area contributed by atoms with Gasteiger partial charge in [-0.15, -0.1) is 36.2 Å². The van der Waals surface area contributed by atoms with Gasteiger partial charge in [-0.1, -0.05) is 0 Å². The second-order valence-corrected chi connectivity index (χ2v) is 5.12. The first kappa shape index (κ1) is 20.8. The Kier molecular flexibility index (Phi) is 9.93. The highest BCUT2D eigenvalue weighted by Gasteiger charge is 2.11. The van der Waals surface area contributed by atoms with Gasteiger partial charge in [-0.2, -0.15) is 0 Å². The van der Waals surface area contributed by atoms with E-state index in [1.807, 2.05) is 7.05 Å². The van der Waals surface area contributed by atoms with Crippen LogP contribution in [0, 0.1) is 5.82 Å². The summed E-state index contributed by atoms with van der Waals surface area (Å²) in [7, 11) is 1.87. The van der Waals surface area contributed by atoms with E-state index in [1.165, 1.54) is 23.5 Å². The van der Waals surface area contributed by atoms with Gasteiger partial charge in [-0.25, -0.2) is 9.37 Å². The molecule has 0 bridgehead atoms. The van der Waals surface area contributed by atoms with Gasteiger partial charge < -0.3 is 10.6 Å². The number of hydrogen-bond donors (Lipinski definition) is 2. The van der Waals surface area contributed by atoms with Crippen LogP contribution in [-0.4, -0.2) is 31.0 Å². The summed E-state index contributed by atoms with van der Waals surface area (Å²) < 4.78 is 12.9. The zero-order valence-electron chi connectivity index (χ0n) is 12.0. The Hall–Kier alpha value is -1.21. The molecule has 0 atom stereocenters. The standard InChI is InChI=1S/C14H16FN3OS.2ClH/c1-16-7-2-8-17-13(19)12-9-20-14(18-12)10-3-5-11(15)6-4-10;;/h3-6,9,16H,2,7-8H2,1H3,(H,17,19);2*1H. The number of hydrogen-bond acceptors (Lipinski definition) is 4. The van der Waals surface area contributed by atoms with Gasteiger partial charge in [0.2, 0.25) is 0 Å². The Labute approximate surface area is 145 Å². The van der Waals surface area contributed by atoms with Gasteiger partial charge in [0, 0.05) is 17.5 Å². The number of rotatable bonds is 6. The molecule has 122 valence electrons. The Balaban J connectivity index is 0.00000220. The average Bonchev–Trinajstić information content (AvgIpc) is 2.94. The number of nitrogens with zero attached hydrogens (tertiary/aromatic N) is 1. The molecule has 0 aliphatic rings. The van der Waals surface area contributed by atoms with E-state index in [9.17, 15) is 9.18 Å². The summed E-state index contributed by atoms with van der Waals surface area (Å²) in [6.45, 7) is 1.47. The molecule has 1 heterocycles. The monoisotopic (exact) mass is 365 g/mol. The van der Waals surface area contributed by atoms with E-state index in [2.05, 4.69) is 15.6 Å². The van der Waals surface area contributed by atoms with Crippen molar-refractivity contribution < 1.29 is 9.18 Å². The fraction of sp³-hybridized carbons (Fsp3) is 0.286. The number of nitrogens with one attached hydrogen (secondary N) is 2. The molecule has 2 rings (SSSR count). The summed E-state index contributed by atoms with van der Waals surface area (Å²) in [5, 5.41) is 8.26. The summed E-state index contributed by atoms with van der Waals surface area (Å²) in [6.07, 6.45) is 0.872. The molecule has 0 spiro atoms. The Bertz CT molecular complexity index is 578. The fourth-order valence-corrected chi connectivity index (χ4v) is 2.47. The molecule has 0 unspecified atom stereocenters. The van der Waals surface area contributed by atoms with Crippen molar-refractivity contribution in [3.63, 3.8) is 0 Å². The molecule has 22 heavy (non-hydrogen) atoms. The Morgan fingerprint density at radius 1 is 1.23 bits per heavy atom. The van der Waals surface area contributed by atoms with Gasteiger partial charge in [0.25, 0.3) is 5.91 Å². The smallest absolute Gasteiger partial charge is 0.270 e. The largest absolute Gasteiger partial charge is 0.351 e. The molecule has 2 N–H and O–H groups in total. The van der Waals surface area contributed by atoms with Gasteiger partial charge in [0.1, 0.15) is 16.5 Å². The minimum Gasteiger partial charge on any atom is -0.351 e. The molecule has 0 aliphatic carbocycles. The highest BCUT2D eigenvalue weighted by Crippen LogP contribution is 2.23. The first-order valence-electron chi connectivity index (χ1n) is 6.35. The zero-order valence-corrected chi connectivity index (χ0v) is 14.4. The van der Waals surface area contributed by atoms with E-state index in [0.717, 1.165) is 18.5 Å². The van der Waals surface area contributed by atoms with Crippen LogP contribution in [0.1, 0.15) is 16.9 Å². The average molecular weight is 366 g/mol. The van der Waals surface area contributed by atoms with Gasteiger partial charge in [0.05, 0.1) is 0 Å². The van der Waals surface area contributed by atoms with Gasteiger partial charge in [-0.05, 0) is 44.3 Å². The number of aromatic nitrogens is 1. The van der Waals surface area contributed by atoms with Crippen molar-refractivity contribution >= 4 is 42.1 Å². The topological polar surface area (TPSA) is 54.0 Å². The van der Waals surface area contributed by atoms with E-state index in [4.69, 9.17) is 0 Å². The van der Waals surface area contributed by atoms with Crippen molar-refractivity contribution in [1.82, 2.24) is 15.6 Å². The summed E-state index contributed by atoms with van der Waals surface area (Å²) in [4.78, 5) is 16.1. The highest BCUT2D eigenvalue weighted by molar-refractivity contribution is 7.13. The first-order valence-corrected chi connectivity index (χ1v) is 7.23. The lowest BCUT2D eigenvalue weighted by atomic mass is 10.2. The normalized spacial score (nSPS) is 9.55. The van der Waals surface area contributed by atoms with Crippen LogP contribution >= 0.6 is 36.2 Å². The summed E-state index contributed by atoms with van der Waals surface area (Å²) >= 11 is 1.37. The molecule has 4 nitrogen and oxygen atoms in total. The predicted molar refractivity (Wildman–Crippen MR) is 92.9 cm³/mol. The highest BCUT2D eigenvalue weighted by atomic mass is 35.5. The van der Waals surface area contributed by atoms with Crippen molar-refractivity contribution in [3.8, 4) is 10.6 Å². The first-order chi connectivity index (χ1) is 9.70. The lowest BCUT2D eigenvalue weighted by Crippen LogP contribution is -2.26. The number of amides is 1. The van der Waals surface area contributed by atoms with Crippen molar-refractivity contribution in [1.29, 1.82) is 0 Å². The summed E-state index contributed by atoms with van der Waals surface area (Å²) in [6, 6.07) is 6.08. The number of thiazole rings is 1. The van der Waals surface area contributed by atoms with Crippen molar-refractivity contribution in [2.75, 3.05) is 20.1 Å². The molecule has 0 radical (unpaired) electrons. The Morgan fingerprint density at radius 3 is 2.55 bits per heavy atom. The van der Waals surface area contributed by atoms with E-state index >= 15 is 0 Å². The number of benzene rings is 1. The van der Waals surface area contributed by atoms with E-state index in [1.54, 1.807) is 17.5 Å². The quantitative estimate of drug-likeness (QED) is 0.773. The SMILES string of the molecule is CNCCCNC(=O)c1csc(-c2ccc(F)cc2)n1.Cl.Cl. The number of carbonyl (C=O) groups is 1.